The normalized spacial score (nSPS) is 31.0. The van der Waals surface area contributed by atoms with Crippen LogP contribution < -0.4 is 9.34 Å². The van der Waals surface area contributed by atoms with Crippen LogP contribution in [0.15, 0.2) is 57.0 Å². The van der Waals surface area contributed by atoms with Crippen molar-refractivity contribution in [3.05, 3.63) is 47.4 Å². The van der Waals surface area contributed by atoms with Gasteiger partial charge in [-0.15, -0.1) is 0 Å². The first-order chi connectivity index (χ1) is 27.1. The Bertz CT molecular complexity index is 2130. The number of ketones is 1. The largest absolute Gasteiger partial charge is 0.466 e. The van der Waals surface area contributed by atoms with Gasteiger partial charge in [0.25, 0.3) is 9.84 Å². The molecule has 5 aliphatic rings. The van der Waals surface area contributed by atoms with E-state index in [0.29, 0.717) is 38.5 Å². The van der Waals surface area contributed by atoms with Gasteiger partial charge < -0.3 is 28.4 Å². The molecule has 2 spiro atoms. The molecule has 308 valence electrons. The number of Topliss-reactive ketones (excluding diaryl/α,β-unsaturated/α-hetero) is 1. The van der Waals surface area contributed by atoms with E-state index in [2.05, 4.69) is 30.2 Å². The number of ether oxygens (including phenoxy) is 6. The van der Waals surface area contributed by atoms with E-state index in [9.17, 15) is 37.3 Å². The Morgan fingerprint density at radius 2 is 1.70 bits per heavy atom. The van der Waals surface area contributed by atoms with Crippen molar-refractivity contribution in [1.29, 1.82) is 0 Å². The summed E-state index contributed by atoms with van der Waals surface area (Å²) in [6.07, 6.45) is -0.0149. The molecule has 0 unspecified atom stereocenters. The molecule has 57 heavy (non-hydrogen) atoms. The third kappa shape index (κ3) is 6.67. The number of fused-ring (bicyclic) bond motifs is 1. The lowest BCUT2D eigenvalue weighted by Gasteiger charge is -2.62. The molecule has 17 nitrogen and oxygen atoms in total. The molecule has 2 aliphatic heterocycles. The fourth-order valence-electron chi connectivity index (χ4n) is 10.2. The number of carbonyl (C=O) groups is 5. The van der Waals surface area contributed by atoms with Gasteiger partial charge in [-0.25, -0.2) is 8.42 Å². The van der Waals surface area contributed by atoms with Gasteiger partial charge in [-0.2, -0.15) is 0 Å². The van der Waals surface area contributed by atoms with Crippen molar-refractivity contribution in [2.45, 2.75) is 107 Å². The van der Waals surface area contributed by atoms with E-state index in [0.717, 1.165) is 0 Å². The fraction of sp³-hybridized carbons (Fsp3) is 0.615. The summed E-state index contributed by atoms with van der Waals surface area (Å²) in [5, 5.41) is 1.44. The summed E-state index contributed by atoms with van der Waals surface area (Å²) >= 11 is 0. The van der Waals surface area contributed by atoms with E-state index < -0.39 is 97.0 Å². The zero-order valence-electron chi connectivity index (χ0n) is 32.0. The molecule has 1 N–H and O–H groups in total. The number of hydrogen-bond donors (Lipinski definition) is 1. The summed E-state index contributed by atoms with van der Waals surface area (Å²) in [4.78, 5) is 78.4. The van der Waals surface area contributed by atoms with Crippen LogP contribution in [0, 0.1) is 38.9 Å². The minimum absolute atomic E-state index is 0.0149. The number of esters is 4. The van der Waals surface area contributed by atoms with Gasteiger partial charge in [-0.3, -0.25) is 24.0 Å². The van der Waals surface area contributed by atoms with Crippen molar-refractivity contribution in [1.82, 2.24) is 5.16 Å². The molecule has 1 aromatic carbocycles. The molecule has 0 amide bonds. The summed E-state index contributed by atoms with van der Waals surface area (Å²) < 4.78 is 65.0. The lowest BCUT2D eigenvalue weighted by atomic mass is 9.43. The number of nitrogens with zero attached hydrogens (tertiary/aromatic N) is 1. The molecule has 18 heteroatoms. The summed E-state index contributed by atoms with van der Waals surface area (Å²) in [7, 11) is -4.23. The molecule has 2 aromatic rings. The van der Waals surface area contributed by atoms with Gasteiger partial charge in [0.2, 0.25) is 10.9 Å². The van der Waals surface area contributed by atoms with Crippen molar-refractivity contribution in [3.63, 3.8) is 0 Å². The Hall–Kier alpha value is -4.84. The fourth-order valence-corrected chi connectivity index (χ4v) is 11.5. The van der Waals surface area contributed by atoms with Crippen molar-refractivity contribution in [2.24, 2.45) is 34.0 Å². The number of aromatic nitrogens is 2. The van der Waals surface area contributed by atoms with E-state index in [1.54, 1.807) is 6.07 Å². The molecule has 2 bridgehead atoms. The lowest BCUT2D eigenvalue weighted by Crippen LogP contribution is -2.71. The number of H-pyrrole nitrogens is 1. The number of nitrogens with one attached hydrogen (secondary N) is 1. The van der Waals surface area contributed by atoms with Gasteiger partial charge >= 0.3 is 34.8 Å². The molecule has 1 aromatic heterocycles. The SMILES string of the molecule is C=C1C(=O)[C@@]23C(=O)O[C@H]4CCC(C)(C)[C@H]5[C@H](OC(C)=O)OC[C@@]45[C@@H]2CC[C@@H]1[C@H]3OC(=O)CCCC(=O)OCCCCOc1[nH]o[n+](=O)c1S(=O)(=O)c1ccccc1. The Balaban J connectivity index is 0.923. The summed E-state index contributed by atoms with van der Waals surface area (Å²) in [5.74, 6) is -4.94. The van der Waals surface area contributed by atoms with Gasteiger partial charge in [0.15, 0.2) is 11.2 Å². The maximum absolute atomic E-state index is 14.2. The average Bonchev–Trinajstić information content (AvgIpc) is 3.77. The number of sulfone groups is 1. The van der Waals surface area contributed by atoms with Crippen LogP contribution in [0.3, 0.4) is 0 Å². The first-order valence-corrected chi connectivity index (χ1v) is 20.7. The molecule has 5 fully saturated rings. The van der Waals surface area contributed by atoms with E-state index >= 15 is 0 Å². The quantitative estimate of drug-likeness (QED) is 0.0946. The van der Waals surface area contributed by atoms with Gasteiger partial charge in [0, 0.05) is 37.0 Å². The monoisotopic (exact) mass is 815 g/mol. The van der Waals surface area contributed by atoms with Crippen LogP contribution in [-0.2, 0) is 57.5 Å². The van der Waals surface area contributed by atoms with Crippen LogP contribution in [0.4, 0.5) is 0 Å². The van der Waals surface area contributed by atoms with Crippen molar-refractivity contribution < 1.29 is 70.0 Å². The molecule has 7 rings (SSSR count). The van der Waals surface area contributed by atoms with Crippen LogP contribution >= 0.6 is 0 Å². The van der Waals surface area contributed by atoms with Crippen molar-refractivity contribution >= 4 is 39.5 Å². The van der Waals surface area contributed by atoms with Crippen molar-refractivity contribution in [2.75, 3.05) is 19.8 Å². The highest BCUT2D eigenvalue weighted by atomic mass is 32.2. The molecule has 8 atom stereocenters. The van der Waals surface area contributed by atoms with Gasteiger partial charge in [-0.1, -0.05) is 43.3 Å². The van der Waals surface area contributed by atoms with Crippen LogP contribution in [0.1, 0.15) is 78.6 Å². The average molecular weight is 816 g/mol. The predicted octanol–water partition coefficient (Wildman–Crippen LogP) is 3.56. The molecular weight excluding hydrogens is 768 g/mol. The second-order valence-electron chi connectivity index (χ2n) is 16.2. The standard InChI is InChI=1S/C39H47N2O15S/c1-22-25-15-16-26-38-21-52-35(53-23(2)42)30(38)37(3,4)18-17-27(38)54-36(46)39(26,31(22)45)32(25)55-29(44)14-10-13-28(43)50-19-8-9-20-51-33-34(41(47)56-40-33)57(48,49)24-11-6-5-7-12-24/h5-7,11-12,25-27,30,32,35,40H,1,8-10,13-21H2,2-4H3/q+1/t25-,26-,27-,30+,32+,35-,38+,39-/m0/s1. The Morgan fingerprint density at radius 1 is 0.982 bits per heavy atom. The Kier molecular flexibility index (Phi) is 10.7. The topological polar surface area (TPSA) is 227 Å². The number of carbonyl (C=O) groups excluding carboxylic acids is 5. The number of unbranched alkanes of at least 4 members (excludes halogenated alkanes) is 1. The van der Waals surface area contributed by atoms with Crippen LogP contribution in [0.25, 0.3) is 0 Å². The second kappa shape index (κ2) is 15.2. The molecule has 3 saturated carbocycles. The van der Waals surface area contributed by atoms with E-state index in [-0.39, 0.29) is 60.0 Å². The molecule has 3 heterocycles. The third-order valence-corrected chi connectivity index (χ3v) is 14.3. The van der Waals surface area contributed by atoms with Gasteiger partial charge in [0.1, 0.15) is 12.2 Å². The summed E-state index contributed by atoms with van der Waals surface area (Å²) in [5.41, 5.74) is -2.88. The highest BCUT2D eigenvalue weighted by Crippen LogP contribution is 2.71. The number of rotatable bonds is 14. The summed E-state index contributed by atoms with van der Waals surface area (Å²) in [6, 6.07) is 7.33. The van der Waals surface area contributed by atoms with E-state index in [1.165, 1.54) is 31.2 Å². The van der Waals surface area contributed by atoms with Crippen molar-refractivity contribution in [3.8, 4) is 5.88 Å². The Labute approximate surface area is 328 Å². The third-order valence-electron chi connectivity index (χ3n) is 12.6. The van der Waals surface area contributed by atoms with Crippen LogP contribution in [0.5, 0.6) is 5.88 Å². The van der Waals surface area contributed by atoms with E-state index in [4.69, 9.17) is 28.4 Å². The van der Waals surface area contributed by atoms with E-state index in [1.807, 2.05) is 0 Å². The van der Waals surface area contributed by atoms with Crippen LogP contribution in [-0.4, -0.2) is 81.6 Å². The molecular formula is C39H47N2O15S+. The highest BCUT2D eigenvalue weighted by Gasteiger charge is 2.81. The first-order valence-electron chi connectivity index (χ1n) is 19.2. The maximum atomic E-state index is 14.2. The smallest absolute Gasteiger partial charge is 0.404 e. The summed E-state index contributed by atoms with van der Waals surface area (Å²) in [6.45, 7) is 9.57. The first kappa shape index (κ1) is 40.4. The highest BCUT2D eigenvalue weighted by molar-refractivity contribution is 7.91. The lowest BCUT2D eigenvalue weighted by molar-refractivity contribution is -0.744. The minimum atomic E-state index is -4.23. The molecule has 2 saturated heterocycles. The minimum Gasteiger partial charge on any atom is -0.466 e. The number of hydrogen-bond acceptors (Lipinski definition) is 15. The zero-order valence-corrected chi connectivity index (χ0v) is 32.8. The van der Waals surface area contributed by atoms with Gasteiger partial charge in [-0.05, 0) is 84.0 Å². The van der Waals surface area contributed by atoms with Gasteiger partial charge in [0.05, 0.1) is 24.7 Å². The maximum Gasteiger partial charge on any atom is 0.404 e. The number of benzene rings is 1. The molecule has 0 radical (unpaired) electrons. The number of aromatic amines is 1. The molecule has 3 aliphatic carbocycles. The van der Waals surface area contributed by atoms with Crippen LogP contribution in [0.2, 0.25) is 0 Å². The predicted molar refractivity (Wildman–Crippen MR) is 191 cm³/mol. The Morgan fingerprint density at radius 3 is 2.44 bits per heavy atom. The second-order valence-corrected chi connectivity index (χ2v) is 18.1. The zero-order chi connectivity index (χ0) is 40.9.